The molecule has 0 bridgehead atoms. The van der Waals surface area contributed by atoms with Crippen molar-refractivity contribution in [2.75, 3.05) is 6.61 Å². The van der Waals surface area contributed by atoms with Gasteiger partial charge in [0.15, 0.2) is 0 Å². The number of hydroxylamine groups is 2. The second kappa shape index (κ2) is 5.77. The van der Waals surface area contributed by atoms with Crippen LogP contribution in [0.4, 0.5) is 0 Å². The second-order valence-electron chi connectivity index (χ2n) is 8.26. The SMILES string of the molecule is CC1(C)CC[C@@H]2C[C@H](C=O)[C@@H](CON3C(=O)c4ccccc4C3=O)[C@@H]21. The fraction of sp³-hybridized carbons (Fsp3) is 0.550. The molecule has 0 radical (unpaired) electrons. The van der Waals surface area contributed by atoms with Gasteiger partial charge in [0.2, 0.25) is 0 Å². The molecule has 5 heteroatoms. The first-order valence-electron chi connectivity index (χ1n) is 9.00. The van der Waals surface area contributed by atoms with E-state index in [0.717, 1.165) is 30.6 Å². The molecule has 1 heterocycles. The average Bonchev–Trinajstić information content (AvgIpc) is 3.19. The lowest BCUT2D eigenvalue weighted by Crippen LogP contribution is -2.36. The Bertz CT molecular complexity index is 706. The molecule has 0 unspecified atom stereocenters. The fourth-order valence-corrected chi connectivity index (χ4v) is 5.35. The zero-order valence-corrected chi connectivity index (χ0v) is 14.6. The monoisotopic (exact) mass is 341 g/mol. The third-order valence-corrected chi connectivity index (χ3v) is 6.48. The molecule has 2 fully saturated rings. The highest BCUT2D eigenvalue weighted by molar-refractivity contribution is 6.20. The topological polar surface area (TPSA) is 63.7 Å². The lowest BCUT2D eigenvalue weighted by atomic mass is 9.73. The third-order valence-electron chi connectivity index (χ3n) is 6.48. The molecule has 2 amide bonds. The molecular weight excluding hydrogens is 318 g/mol. The number of carbonyl (C=O) groups is 3. The van der Waals surface area contributed by atoms with Gasteiger partial charge in [0.25, 0.3) is 11.8 Å². The lowest BCUT2D eigenvalue weighted by Gasteiger charge is -2.33. The first-order chi connectivity index (χ1) is 11.9. The molecule has 0 N–H and O–H groups in total. The number of carbonyl (C=O) groups excluding carboxylic acids is 3. The number of fused-ring (bicyclic) bond motifs is 2. The standard InChI is InChI=1S/C20H23NO4/c1-20(2)8-7-12-9-13(10-22)16(17(12)20)11-25-21-18(23)14-5-3-4-6-15(14)19(21)24/h3-6,10,12-13,16-17H,7-9,11H2,1-2H3/t12-,13-,16-,17-/m1/s1. The van der Waals surface area contributed by atoms with Crippen molar-refractivity contribution < 1.29 is 19.2 Å². The maximum Gasteiger partial charge on any atom is 0.285 e. The van der Waals surface area contributed by atoms with Gasteiger partial charge < -0.3 is 4.79 Å². The summed E-state index contributed by atoms with van der Waals surface area (Å²) >= 11 is 0. The van der Waals surface area contributed by atoms with Crippen LogP contribution in [-0.4, -0.2) is 29.8 Å². The van der Waals surface area contributed by atoms with Crippen LogP contribution in [0.5, 0.6) is 0 Å². The Balaban J connectivity index is 1.52. The molecule has 1 aliphatic heterocycles. The van der Waals surface area contributed by atoms with E-state index in [4.69, 9.17) is 4.84 Å². The van der Waals surface area contributed by atoms with Gasteiger partial charge in [-0.25, -0.2) is 0 Å². The highest BCUT2D eigenvalue weighted by atomic mass is 16.7. The first-order valence-corrected chi connectivity index (χ1v) is 9.00. The van der Waals surface area contributed by atoms with Crippen molar-refractivity contribution in [3.63, 3.8) is 0 Å². The maximum absolute atomic E-state index is 12.4. The molecule has 25 heavy (non-hydrogen) atoms. The molecule has 4 atom stereocenters. The zero-order valence-electron chi connectivity index (χ0n) is 14.6. The van der Waals surface area contributed by atoms with Gasteiger partial charge in [-0.15, -0.1) is 5.06 Å². The summed E-state index contributed by atoms with van der Waals surface area (Å²) in [4.78, 5) is 42.1. The minimum absolute atomic E-state index is 0.0512. The van der Waals surface area contributed by atoms with Crippen LogP contribution in [-0.2, 0) is 9.63 Å². The summed E-state index contributed by atoms with van der Waals surface area (Å²) in [6.07, 6.45) is 4.22. The van der Waals surface area contributed by atoms with Crippen LogP contribution in [0.2, 0.25) is 0 Å². The number of aldehydes is 1. The molecule has 3 aliphatic rings. The molecule has 4 rings (SSSR count). The Morgan fingerprint density at radius 3 is 2.44 bits per heavy atom. The van der Waals surface area contributed by atoms with Crippen molar-refractivity contribution in [1.29, 1.82) is 0 Å². The van der Waals surface area contributed by atoms with Gasteiger partial charge >= 0.3 is 0 Å². The Kier molecular flexibility index (Phi) is 3.80. The van der Waals surface area contributed by atoms with Crippen LogP contribution in [0.25, 0.3) is 0 Å². The van der Waals surface area contributed by atoms with E-state index >= 15 is 0 Å². The number of rotatable bonds is 4. The Morgan fingerprint density at radius 1 is 1.20 bits per heavy atom. The van der Waals surface area contributed by atoms with Crippen molar-refractivity contribution in [3.8, 4) is 0 Å². The third kappa shape index (κ3) is 2.44. The highest BCUT2D eigenvalue weighted by Gasteiger charge is 2.54. The van der Waals surface area contributed by atoms with Crippen molar-refractivity contribution in [2.45, 2.75) is 33.1 Å². The molecule has 132 valence electrons. The zero-order chi connectivity index (χ0) is 17.8. The van der Waals surface area contributed by atoms with Crippen LogP contribution in [0.1, 0.15) is 53.8 Å². The summed E-state index contributed by atoms with van der Waals surface area (Å²) in [6, 6.07) is 6.74. The summed E-state index contributed by atoms with van der Waals surface area (Å²) in [7, 11) is 0. The first kappa shape index (κ1) is 16.5. The van der Waals surface area contributed by atoms with E-state index in [1.54, 1.807) is 24.3 Å². The fourth-order valence-electron chi connectivity index (χ4n) is 5.35. The van der Waals surface area contributed by atoms with Gasteiger partial charge in [-0.05, 0) is 54.6 Å². The Hall–Kier alpha value is -2.01. The van der Waals surface area contributed by atoms with Crippen LogP contribution >= 0.6 is 0 Å². The summed E-state index contributed by atoms with van der Waals surface area (Å²) < 4.78 is 0. The predicted octanol–water partition coefficient (Wildman–Crippen LogP) is 3.10. The number of amides is 2. The predicted molar refractivity (Wildman–Crippen MR) is 90.6 cm³/mol. The molecule has 5 nitrogen and oxygen atoms in total. The summed E-state index contributed by atoms with van der Waals surface area (Å²) in [5, 5.41) is 0.877. The normalized spacial score (nSPS) is 32.8. The van der Waals surface area contributed by atoms with Gasteiger partial charge in [0.1, 0.15) is 6.29 Å². The molecule has 0 saturated heterocycles. The quantitative estimate of drug-likeness (QED) is 0.623. The molecule has 2 saturated carbocycles. The van der Waals surface area contributed by atoms with Crippen LogP contribution < -0.4 is 0 Å². The smallest absolute Gasteiger partial charge is 0.285 e. The maximum atomic E-state index is 12.4. The van der Waals surface area contributed by atoms with Crippen molar-refractivity contribution in [1.82, 2.24) is 5.06 Å². The molecule has 2 aliphatic carbocycles. The number of nitrogens with zero attached hydrogens (tertiary/aromatic N) is 1. The van der Waals surface area contributed by atoms with Crippen LogP contribution in [0.15, 0.2) is 24.3 Å². The van der Waals surface area contributed by atoms with Crippen molar-refractivity contribution in [3.05, 3.63) is 35.4 Å². The number of hydrogen-bond acceptors (Lipinski definition) is 4. The van der Waals surface area contributed by atoms with E-state index in [2.05, 4.69) is 13.8 Å². The Morgan fingerprint density at radius 2 is 1.84 bits per heavy atom. The van der Waals surface area contributed by atoms with E-state index in [9.17, 15) is 14.4 Å². The van der Waals surface area contributed by atoms with Gasteiger partial charge in [0.05, 0.1) is 17.7 Å². The molecule has 1 aromatic carbocycles. The van der Waals surface area contributed by atoms with Crippen molar-refractivity contribution >= 4 is 18.1 Å². The minimum atomic E-state index is -0.413. The molecular formula is C20H23NO4. The van der Waals surface area contributed by atoms with E-state index in [-0.39, 0.29) is 23.9 Å². The van der Waals surface area contributed by atoms with Crippen molar-refractivity contribution in [2.24, 2.45) is 29.1 Å². The number of hydrogen-bond donors (Lipinski definition) is 0. The van der Waals surface area contributed by atoms with Gasteiger partial charge in [0, 0.05) is 5.92 Å². The average molecular weight is 341 g/mol. The summed E-state index contributed by atoms with van der Waals surface area (Å²) in [5.41, 5.74) is 0.924. The second-order valence-corrected chi connectivity index (χ2v) is 8.26. The highest BCUT2D eigenvalue weighted by Crippen LogP contribution is 2.58. The van der Waals surface area contributed by atoms with E-state index < -0.39 is 11.8 Å². The van der Waals surface area contributed by atoms with E-state index in [1.807, 2.05) is 0 Å². The van der Waals surface area contributed by atoms with Gasteiger partial charge in [-0.1, -0.05) is 26.0 Å². The lowest BCUT2D eigenvalue weighted by molar-refractivity contribution is -0.124. The molecule has 0 spiro atoms. The summed E-state index contributed by atoms with van der Waals surface area (Å²) in [5.74, 6) is 0.125. The van der Waals surface area contributed by atoms with E-state index in [0.29, 0.717) is 23.0 Å². The van der Waals surface area contributed by atoms with Crippen LogP contribution in [0, 0.1) is 29.1 Å². The van der Waals surface area contributed by atoms with Crippen LogP contribution in [0.3, 0.4) is 0 Å². The molecule has 0 aromatic heterocycles. The number of imide groups is 1. The Labute approximate surface area is 147 Å². The van der Waals surface area contributed by atoms with E-state index in [1.165, 1.54) is 0 Å². The number of benzene rings is 1. The summed E-state index contributed by atoms with van der Waals surface area (Å²) in [6.45, 7) is 4.74. The van der Waals surface area contributed by atoms with Gasteiger partial charge in [-0.3, -0.25) is 14.4 Å². The van der Waals surface area contributed by atoms with Gasteiger partial charge in [-0.2, -0.15) is 0 Å². The molecule has 1 aromatic rings. The largest absolute Gasteiger partial charge is 0.303 e. The minimum Gasteiger partial charge on any atom is -0.303 e.